The van der Waals surface area contributed by atoms with Crippen molar-refractivity contribution < 1.29 is 13.2 Å². The number of rotatable bonds is 3. The van der Waals surface area contributed by atoms with Gasteiger partial charge in [-0.05, 0) is 17.7 Å². The third-order valence-electron chi connectivity index (χ3n) is 3.70. The molecule has 126 valence electrons. The van der Waals surface area contributed by atoms with E-state index in [1.807, 2.05) is 30.3 Å². The zero-order valence-electron chi connectivity index (χ0n) is 12.7. The number of halogens is 3. The van der Waals surface area contributed by atoms with Gasteiger partial charge in [0.1, 0.15) is 5.01 Å². The maximum absolute atomic E-state index is 12.7. The van der Waals surface area contributed by atoms with Crippen LogP contribution in [0.25, 0.3) is 16.3 Å². The number of alkyl halides is 3. The lowest BCUT2D eigenvalue weighted by atomic mass is 10.1. The summed E-state index contributed by atoms with van der Waals surface area (Å²) in [5, 5.41) is 13.5. The Morgan fingerprint density at radius 3 is 2.32 bits per heavy atom. The van der Waals surface area contributed by atoms with Crippen LogP contribution >= 0.6 is 11.3 Å². The van der Waals surface area contributed by atoms with E-state index in [1.165, 1.54) is 23.5 Å². The van der Waals surface area contributed by atoms with Crippen LogP contribution in [-0.4, -0.2) is 19.8 Å². The molecule has 0 bridgehead atoms. The number of aromatic nitrogens is 4. The van der Waals surface area contributed by atoms with Gasteiger partial charge in [0.15, 0.2) is 5.82 Å². The van der Waals surface area contributed by atoms with Crippen molar-refractivity contribution in [1.29, 1.82) is 0 Å². The fourth-order valence-corrected chi connectivity index (χ4v) is 3.35. The highest BCUT2D eigenvalue weighted by Gasteiger charge is 2.30. The Morgan fingerprint density at radius 1 is 0.920 bits per heavy atom. The SMILES string of the molecule is FC(F)(F)c1ccc(-c2nnc3sc(Cc4ccccc4)nn23)cc1. The molecule has 0 aliphatic heterocycles. The van der Waals surface area contributed by atoms with E-state index in [0.29, 0.717) is 22.8 Å². The van der Waals surface area contributed by atoms with E-state index in [2.05, 4.69) is 15.3 Å². The fourth-order valence-electron chi connectivity index (χ4n) is 2.49. The first-order valence-electron chi connectivity index (χ1n) is 7.43. The van der Waals surface area contributed by atoms with Gasteiger partial charge in [-0.1, -0.05) is 53.8 Å². The van der Waals surface area contributed by atoms with Gasteiger partial charge in [-0.25, -0.2) is 0 Å². The van der Waals surface area contributed by atoms with Crippen molar-refractivity contribution in [3.8, 4) is 11.4 Å². The van der Waals surface area contributed by atoms with Gasteiger partial charge in [-0.3, -0.25) is 0 Å². The zero-order chi connectivity index (χ0) is 17.4. The summed E-state index contributed by atoms with van der Waals surface area (Å²) in [6.45, 7) is 0. The predicted octanol–water partition coefficient (Wildman–Crippen LogP) is 4.46. The Hall–Kier alpha value is -2.74. The van der Waals surface area contributed by atoms with Crippen LogP contribution in [0.3, 0.4) is 0 Å². The summed E-state index contributed by atoms with van der Waals surface area (Å²) >= 11 is 1.41. The Balaban J connectivity index is 1.66. The van der Waals surface area contributed by atoms with Gasteiger partial charge in [0, 0.05) is 12.0 Å². The summed E-state index contributed by atoms with van der Waals surface area (Å²) in [6.07, 6.45) is -3.69. The van der Waals surface area contributed by atoms with Crippen molar-refractivity contribution >= 4 is 16.3 Å². The standard InChI is InChI=1S/C17H11F3N4S/c18-17(19,20)13-8-6-12(7-9-13)15-21-22-16-24(15)23-14(25-16)10-11-4-2-1-3-5-11/h1-9H,10H2. The van der Waals surface area contributed by atoms with Crippen LogP contribution in [0, 0.1) is 0 Å². The first-order chi connectivity index (χ1) is 12.0. The molecule has 0 aliphatic rings. The molecule has 2 aromatic carbocycles. The largest absolute Gasteiger partial charge is 0.416 e. The second kappa shape index (κ2) is 5.96. The molecular weight excluding hydrogens is 349 g/mol. The molecule has 25 heavy (non-hydrogen) atoms. The van der Waals surface area contributed by atoms with Gasteiger partial charge in [0.2, 0.25) is 4.96 Å². The van der Waals surface area contributed by atoms with E-state index in [4.69, 9.17) is 0 Å². The number of benzene rings is 2. The molecule has 0 aliphatic carbocycles. The highest BCUT2D eigenvalue weighted by Crippen LogP contribution is 2.31. The molecule has 0 spiro atoms. The average molecular weight is 360 g/mol. The minimum atomic E-state index is -4.36. The summed E-state index contributed by atoms with van der Waals surface area (Å²) in [5.41, 5.74) is 0.973. The molecule has 0 atom stereocenters. The fraction of sp³-hybridized carbons (Fsp3) is 0.118. The van der Waals surface area contributed by atoms with Crippen LogP contribution in [-0.2, 0) is 12.6 Å². The lowest BCUT2D eigenvalue weighted by Crippen LogP contribution is -2.04. The lowest BCUT2D eigenvalue weighted by Gasteiger charge is -2.06. The van der Waals surface area contributed by atoms with E-state index in [9.17, 15) is 13.2 Å². The Kier molecular flexibility index (Phi) is 3.76. The first-order valence-corrected chi connectivity index (χ1v) is 8.25. The second-order valence-electron chi connectivity index (χ2n) is 5.45. The van der Waals surface area contributed by atoms with Crippen LogP contribution in [0.1, 0.15) is 16.1 Å². The molecule has 8 heteroatoms. The third-order valence-corrected chi connectivity index (χ3v) is 4.60. The minimum absolute atomic E-state index is 0.430. The summed E-state index contributed by atoms with van der Waals surface area (Å²) < 4.78 is 39.6. The van der Waals surface area contributed by atoms with E-state index in [0.717, 1.165) is 22.7 Å². The number of nitrogens with zero attached hydrogens (tertiary/aromatic N) is 4. The highest BCUT2D eigenvalue weighted by molar-refractivity contribution is 7.16. The molecule has 0 amide bonds. The maximum atomic E-state index is 12.7. The van der Waals surface area contributed by atoms with Crippen LogP contribution in [0.15, 0.2) is 54.6 Å². The van der Waals surface area contributed by atoms with E-state index in [1.54, 1.807) is 4.52 Å². The smallest absolute Gasteiger partial charge is 0.183 e. The Labute approximate surface area is 144 Å². The van der Waals surface area contributed by atoms with Gasteiger partial charge >= 0.3 is 6.18 Å². The Bertz CT molecular complexity index is 1000. The highest BCUT2D eigenvalue weighted by atomic mass is 32.1. The molecule has 0 saturated carbocycles. The van der Waals surface area contributed by atoms with E-state index in [-0.39, 0.29) is 0 Å². The van der Waals surface area contributed by atoms with Gasteiger partial charge < -0.3 is 0 Å². The van der Waals surface area contributed by atoms with E-state index < -0.39 is 11.7 Å². The van der Waals surface area contributed by atoms with Gasteiger partial charge in [0.05, 0.1) is 5.56 Å². The second-order valence-corrected chi connectivity index (χ2v) is 6.49. The van der Waals surface area contributed by atoms with Gasteiger partial charge in [-0.2, -0.15) is 22.8 Å². The van der Waals surface area contributed by atoms with Gasteiger partial charge in [-0.15, -0.1) is 10.2 Å². The van der Waals surface area contributed by atoms with Crippen molar-refractivity contribution in [2.24, 2.45) is 0 Å². The van der Waals surface area contributed by atoms with Crippen molar-refractivity contribution in [3.05, 3.63) is 70.7 Å². The molecule has 0 unspecified atom stereocenters. The minimum Gasteiger partial charge on any atom is -0.183 e. The van der Waals surface area contributed by atoms with Crippen LogP contribution < -0.4 is 0 Å². The first kappa shape index (κ1) is 15.8. The molecule has 0 radical (unpaired) electrons. The molecular formula is C17H11F3N4S. The number of fused-ring (bicyclic) bond motifs is 1. The number of hydrogen-bond acceptors (Lipinski definition) is 4. The molecule has 0 fully saturated rings. The average Bonchev–Trinajstić information content (AvgIpc) is 3.15. The third kappa shape index (κ3) is 3.12. The lowest BCUT2D eigenvalue weighted by molar-refractivity contribution is -0.137. The predicted molar refractivity (Wildman–Crippen MR) is 88.3 cm³/mol. The normalized spacial score (nSPS) is 12.0. The van der Waals surface area contributed by atoms with Gasteiger partial charge in [0.25, 0.3) is 0 Å². The molecule has 2 aromatic heterocycles. The van der Waals surface area contributed by atoms with Crippen LogP contribution in [0.5, 0.6) is 0 Å². The monoisotopic (exact) mass is 360 g/mol. The molecule has 4 rings (SSSR count). The molecule has 0 N–H and O–H groups in total. The molecule has 0 saturated heterocycles. The summed E-state index contributed by atoms with van der Waals surface area (Å²) in [7, 11) is 0. The zero-order valence-corrected chi connectivity index (χ0v) is 13.6. The Morgan fingerprint density at radius 2 is 1.64 bits per heavy atom. The van der Waals surface area contributed by atoms with Crippen molar-refractivity contribution in [2.75, 3.05) is 0 Å². The molecule has 4 nitrogen and oxygen atoms in total. The van der Waals surface area contributed by atoms with Crippen molar-refractivity contribution in [1.82, 2.24) is 19.8 Å². The summed E-state index contributed by atoms with van der Waals surface area (Å²) in [5.74, 6) is 0.430. The number of hydrogen-bond donors (Lipinski definition) is 0. The molecule has 2 heterocycles. The van der Waals surface area contributed by atoms with Crippen LogP contribution in [0.2, 0.25) is 0 Å². The summed E-state index contributed by atoms with van der Waals surface area (Å²) in [4.78, 5) is 0.612. The van der Waals surface area contributed by atoms with E-state index >= 15 is 0 Å². The van der Waals surface area contributed by atoms with Crippen molar-refractivity contribution in [2.45, 2.75) is 12.6 Å². The topological polar surface area (TPSA) is 43.1 Å². The maximum Gasteiger partial charge on any atom is 0.416 e. The quantitative estimate of drug-likeness (QED) is 0.542. The molecule has 4 aromatic rings. The van der Waals surface area contributed by atoms with Crippen molar-refractivity contribution in [3.63, 3.8) is 0 Å². The summed E-state index contributed by atoms with van der Waals surface area (Å²) in [6, 6.07) is 14.7. The van der Waals surface area contributed by atoms with Crippen LogP contribution in [0.4, 0.5) is 13.2 Å².